The molecule has 2 N–H and O–H groups in total. The van der Waals surface area contributed by atoms with E-state index in [1.165, 1.54) is 4.90 Å². The van der Waals surface area contributed by atoms with Gasteiger partial charge in [0, 0.05) is 19.7 Å². The first kappa shape index (κ1) is 14.4. The molecule has 0 spiro atoms. The third-order valence-corrected chi connectivity index (χ3v) is 2.59. The summed E-state index contributed by atoms with van der Waals surface area (Å²) in [7, 11) is 0. The Morgan fingerprint density at radius 3 is 2.89 bits per heavy atom. The number of aliphatic carboxylic acids is 1. The zero-order valence-corrected chi connectivity index (χ0v) is 10.3. The van der Waals surface area contributed by atoms with Gasteiger partial charge in [0.2, 0.25) is 11.8 Å². The molecule has 0 aromatic carbocycles. The quantitative estimate of drug-likeness (QED) is 0.609. The number of ether oxygens (including phenoxy) is 1. The van der Waals surface area contributed by atoms with Crippen molar-refractivity contribution in [2.45, 2.75) is 25.8 Å². The third kappa shape index (κ3) is 3.99. The van der Waals surface area contributed by atoms with Crippen LogP contribution in [0, 0.1) is 0 Å². The molecule has 0 bridgehead atoms. The van der Waals surface area contributed by atoms with E-state index in [2.05, 4.69) is 5.32 Å². The summed E-state index contributed by atoms with van der Waals surface area (Å²) in [6.07, 6.45) is 0.414. The van der Waals surface area contributed by atoms with Gasteiger partial charge in [-0.2, -0.15) is 0 Å². The van der Waals surface area contributed by atoms with Crippen molar-refractivity contribution in [3.05, 3.63) is 0 Å². The van der Waals surface area contributed by atoms with E-state index < -0.39 is 17.9 Å². The Hall–Kier alpha value is -1.63. The van der Waals surface area contributed by atoms with Crippen LogP contribution in [-0.4, -0.2) is 60.1 Å². The minimum Gasteiger partial charge on any atom is -0.481 e. The second-order valence-corrected chi connectivity index (χ2v) is 4.04. The number of rotatable bonds is 6. The molecular formula is C11H18N2O5. The van der Waals surface area contributed by atoms with Crippen LogP contribution in [0.2, 0.25) is 0 Å². The first-order valence-electron chi connectivity index (χ1n) is 5.93. The van der Waals surface area contributed by atoms with Crippen molar-refractivity contribution < 1.29 is 24.2 Å². The number of amides is 2. The number of nitrogens with zero attached hydrogens (tertiary/aromatic N) is 1. The maximum Gasteiger partial charge on any atom is 0.305 e. The lowest BCUT2D eigenvalue weighted by Crippen LogP contribution is -2.58. The summed E-state index contributed by atoms with van der Waals surface area (Å²) in [5.74, 6) is -1.87. The lowest BCUT2D eigenvalue weighted by molar-refractivity contribution is -0.150. The zero-order valence-electron chi connectivity index (χ0n) is 10.3. The predicted octanol–water partition coefficient (Wildman–Crippen LogP) is -0.785. The number of piperazine rings is 1. The lowest BCUT2D eigenvalue weighted by Gasteiger charge is -2.34. The average molecular weight is 258 g/mol. The van der Waals surface area contributed by atoms with Crippen molar-refractivity contribution in [2.24, 2.45) is 0 Å². The molecule has 0 radical (unpaired) electrons. The molecule has 18 heavy (non-hydrogen) atoms. The average Bonchev–Trinajstić information content (AvgIpc) is 2.31. The van der Waals surface area contributed by atoms with E-state index in [0.29, 0.717) is 19.7 Å². The van der Waals surface area contributed by atoms with E-state index in [9.17, 15) is 14.4 Å². The molecule has 0 aliphatic carbocycles. The highest BCUT2D eigenvalue weighted by Gasteiger charge is 2.34. The van der Waals surface area contributed by atoms with E-state index in [1.807, 2.05) is 6.92 Å². The molecule has 1 aliphatic rings. The van der Waals surface area contributed by atoms with Gasteiger partial charge in [0.1, 0.15) is 12.6 Å². The molecule has 0 aromatic heterocycles. The van der Waals surface area contributed by atoms with Gasteiger partial charge in [-0.1, -0.05) is 6.92 Å². The second kappa shape index (κ2) is 6.95. The summed E-state index contributed by atoms with van der Waals surface area (Å²) in [5.41, 5.74) is 0. The lowest BCUT2D eigenvalue weighted by atomic mass is 10.1. The van der Waals surface area contributed by atoms with Crippen LogP contribution in [0.5, 0.6) is 0 Å². The Labute approximate surface area is 105 Å². The number of hydrogen-bond acceptors (Lipinski definition) is 4. The normalized spacial score (nSPS) is 19.5. The molecule has 0 aromatic rings. The van der Waals surface area contributed by atoms with Gasteiger partial charge in [-0.15, -0.1) is 0 Å². The Morgan fingerprint density at radius 1 is 1.56 bits per heavy atom. The number of carboxylic acids is 1. The van der Waals surface area contributed by atoms with E-state index in [0.717, 1.165) is 6.42 Å². The Bertz CT molecular complexity index is 331. The van der Waals surface area contributed by atoms with Crippen LogP contribution < -0.4 is 5.32 Å². The molecule has 1 fully saturated rings. The van der Waals surface area contributed by atoms with Crippen molar-refractivity contribution in [3.63, 3.8) is 0 Å². The minimum absolute atomic E-state index is 0.114. The van der Waals surface area contributed by atoms with Gasteiger partial charge in [-0.25, -0.2) is 0 Å². The first-order chi connectivity index (χ1) is 8.56. The minimum atomic E-state index is -1.11. The maximum absolute atomic E-state index is 11.8. The fourth-order valence-corrected chi connectivity index (χ4v) is 1.77. The molecule has 1 atom stereocenters. The fourth-order valence-electron chi connectivity index (χ4n) is 1.77. The predicted molar refractivity (Wildman–Crippen MR) is 61.9 cm³/mol. The summed E-state index contributed by atoms with van der Waals surface area (Å²) < 4.78 is 5.12. The van der Waals surface area contributed by atoms with Gasteiger partial charge in [-0.05, 0) is 6.42 Å². The number of carbonyl (C=O) groups is 3. The Balaban J connectivity index is 2.60. The highest BCUT2D eigenvalue weighted by atomic mass is 16.5. The monoisotopic (exact) mass is 258 g/mol. The SMILES string of the molecule is CCCOCC(=O)N1CCNC(=O)C1CC(=O)O. The number of carbonyl (C=O) groups excluding carboxylic acids is 2. The highest BCUT2D eigenvalue weighted by molar-refractivity contribution is 5.91. The van der Waals surface area contributed by atoms with Crippen molar-refractivity contribution in [2.75, 3.05) is 26.3 Å². The fraction of sp³-hybridized carbons (Fsp3) is 0.727. The molecule has 1 saturated heterocycles. The smallest absolute Gasteiger partial charge is 0.305 e. The van der Waals surface area contributed by atoms with Crippen molar-refractivity contribution in [1.29, 1.82) is 0 Å². The van der Waals surface area contributed by atoms with Crippen molar-refractivity contribution >= 4 is 17.8 Å². The van der Waals surface area contributed by atoms with Crippen LogP contribution in [0.25, 0.3) is 0 Å². The topological polar surface area (TPSA) is 95.9 Å². The van der Waals surface area contributed by atoms with Crippen LogP contribution >= 0.6 is 0 Å². The van der Waals surface area contributed by atoms with Crippen LogP contribution in [0.4, 0.5) is 0 Å². The molecule has 1 rings (SSSR count). The molecule has 1 heterocycles. The van der Waals surface area contributed by atoms with Gasteiger partial charge in [0.15, 0.2) is 0 Å². The molecule has 102 valence electrons. The van der Waals surface area contributed by atoms with Gasteiger partial charge >= 0.3 is 5.97 Å². The third-order valence-electron chi connectivity index (χ3n) is 2.59. The highest BCUT2D eigenvalue weighted by Crippen LogP contribution is 2.09. The Kier molecular flexibility index (Phi) is 5.57. The molecule has 2 amide bonds. The maximum atomic E-state index is 11.8. The van der Waals surface area contributed by atoms with Gasteiger partial charge < -0.3 is 20.1 Å². The number of nitrogens with one attached hydrogen (secondary N) is 1. The van der Waals surface area contributed by atoms with Gasteiger partial charge in [-0.3, -0.25) is 14.4 Å². The van der Waals surface area contributed by atoms with Crippen LogP contribution in [0.3, 0.4) is 0 Å². The molecule has 1 aliphatic heterocycles. The number of carboxylic acid groups (broad SMARTS) is 1. The summed E-state index contributed by atoms with van der Waals surface area (Å²) >= 11 is 0. The zero-order chi connectivity index (χ0) is 13.5. The van der Waals surface area contributed by atoms with E-state index in [-0.39, 0.29) is 18.9 Å². The summed E-state index contributed by atoms with van der Waals surface area (Å²) in [6, 6.07) is -0.936. The van der Waals surface area contributed by atoms with Crippen LogP contribution in [0.15, 0.2) is 0 Å². The van der Waals surface area contributed by atoms with Gasteiger partial charge in [0.05, 0.1) is 6.42 Å². The van der Waals surface area contributed by atoms with E-state index in [1.54, 1.807) is 0 Å². The molecule has 1 unspecified atom stereocenters. The second-order valence-electron chi connectivity index (χ2n) is 4.04. The van der Waals surface area contributed by atoms with Crippen LogP contribution in [-0.2, 0) is 19.1 Å². The molecule has 7 nitrogen and oxygen atoms in total. The first-order valence-corrected chi connectivity index (χ1v) is 5.93. The van der Waals surface area contributed by atoms with Crippen molar-refractivity contribution in [1.82, 2.24) is 10.2 Å². The number of hydrogen-bond donors (Lipinski definition) is 2. The van der Waals surface area contributed by atoms with Gasteiger partial charge in [0.25, 0.3) is 0 Å². The Morgan fingerprint density at radius 2 is 2.28 bits per heavy atom. The standard InChI is InChI=1S/C11H18N2O5/c1-2-5-18-7-9(14)13-4-3-12-11(17)8(13)6-10(15)16/h8H,2-7H2,1H3,(H,12,17)(H,15,16). The summed E-state index contributed by atoms with van der Waals surface area (Å²) in [5, 5.41) is 11.3. The van der Waals surface area contributed by atoms with Crippen molar-refractivity contribution in [3.8, 4) is 0 Å². The largest absolute Gasteiger partial charge is 0.481 e. The summed E-state index contributed by atoms with van der Waals surface area (Å²) in [6.45, 7) is 2.94. The molecular weight excluding hydrogens is 240 g/mol. The van der Waals surface area contributed by atoms with E-state index >= 15 is 0 Å². The summed E-state index contributed by atoms with van der Waals surface area (Å²) in [4.78, 5) is 35.4. The molecule has 7 heteroatoms. The van der Waals surface area contributed by atoms with Crippen LogP contribution in [0.1, 0.15) is 19.8 Å². The molecule has 0 saturated carbocycles. The van der Waals surface area contributed by atoms with E-state index in [4.69, 9.17) is 9.84 Å².